The average molecular weight is 302 g/mol. The van der Waals surface area contributed by atoms with Gasteiger partial charge in [-0.15, -0.1) is 0 Å². The van der Waals surface area contributed by atoms with Crippen LogP contribution in [0.3, 0.4) is 0 Å². The lowest BCUT2D eigenvalue weighted by molar-refractivity contribution is -0.906. The van der Waals surface area contributed by atoms with Crippen molar-refractivity contribution in [1.82, 2.24) is 10.3 Å². The Hall–Kier alpha value is -0.950. The van der Waals surface area contributed by atoms with Crippen LogP contribution in [0.15, 0.2) is 18.3 Å². The van der Waals surface area contributed by atoms with Crippen LogP contribution in [0.25, 0.3) is 0 Å². The fourth-order valence-corrected chi connectivity index (χ4v) is 2.29. The highest BCUT2D eigenvalue weighted by molar-refractivity contribution is 7.80. The van der Waals surface area contributed by atoms with Crippen LogP contribution in [0.4, 0.5) is 5.69 Å². The number of aromatic nitrogens is 1. The van der Waals surface area contributed by atoms with E-state index in [-0.39, 0.29) is 0 Å². The summed E-state index contributed by atoms with van der Waals surface area (Å²) in [4.78, 5) is 5.53. The van der Waals surface area contributed by atoms with Crippen LogP contribution in [0.1, 0.15) is 0 Å². The van der Waals surface area contributed by atoms with Gasteiger partial charge in [-0.25, -0.2) is 4.98 Å². The molecule has 2 rings (SSSR count). The maximum Gasteiger partial charge on any atom is 0.171 e. The molecule has 0 aromatic carbocycles. The van der Waals surface area contributed by atoms with Gasteiger partial charge in [-0.1, -0.05) is 11.6 Å². The molecule has 2 heterocycles. The van der Waals surface area contributed by atoms with Gasteiger partial charge in [0.25, 0.3) is 0 Å². The fourth-order valence-electron chi connectivity index (χ4n) is 1.91. The van der Waals surface area contributed by atoms with E-state index >= 15 is 0 Å². The van der Waals surface area contributed by atoms with Crippen molar-refractivity contribution in [2.24, 2.45) is 0 Å². The number of thiocarbonyl (C=S) groups is 1. The zero-order valence-corrected chi connectivity index (χ0v) is 12.2. The molecule has 0 atom stereocenters. The molecule has 1 fully saturated rings. The van der Waals surface area contributed by atoms with E-state index in [0.29, 0.717) is 10.3 Å². The fraction of sp³-hybridized carbons (Fsp3) is 0.500. The summed E-state index contributed by atoms with van der Waals surface area (Å²) >= 11 is 11.2. The molecule has 3 N–H and O–H groups in total. The minimum Gasteiger partial charge on any atom is -0.370 e. The molecule has 7 heteroatoms. The van der Waals surface area contributed by atoms with E-state index in [0.717, 1.165) is 45.1 Å². The molecule has 0 radical (unpaired) electrons. The number of morpholine rings is 1. The Balaban J connectivity index is 1.68. The second-order valence-corrected chi connectivity index (χ2v) is 5.10. The van der Waals surface area contributed by atoms with Gasteiger partial charge >= 0.3 is 0 Å². The number of halogens is 1. The van der Waals surface area contributed by atoms with Gasteiger partial charge in [0, 0.05) is 6.20 Å². The molecule has 0 aliphatic carbocycles. The number of anilines is 1. The first kappa shape index (κ1) is 14.5. The summed E-state index contributed by atoms with van der Waals surface area (Å²) in [6.07, 6.45) is 1.64. The first-order valence-corrected chi connectivity index (χ1v) is 7.11. The summed E-state index contributed by atoms with van der Waals surface area (Å²) < 4.78 is 5.32. The molecule has 1 saturated heterocycles. The Labute approximate surface area is 123 Å². The van der Waals surface area contributed by atoms with Crippen molar-refractivity contribution in [2.45, 2.75) is 0 Å². The average Bonchev–Trinajstić information content (AvgIpc) is 2.43. The summed E-state index contributed by atoms with van der Waals surface area (Å²) in [5.41, 5.74) is 0.723. The molecule has 0 bridgehead atoms. The SMILES string of the molecule is S=C(NCC[NH+]1CCOCC1)Nc1cccnc1Cl. The molecule has 0 spiro atoms. The van der Waals surface area contributed by atoms with Gasteiger partial charge in [0.1, 0.15) is 13.1 Å². The molecule has 1 aromatic rings. The summed E-state index contributed by atoms with van der Waals surface area (Å²) in [7, 11) is 0. The van der Waals surface area contributed by atoms with Gasteiger partial charge in [0.05, 0.1) is 32.0 Å². The molecule has 0 saturated carbocycles. The minimum absolute atomic E-state index is 0.422. The normalized spacial score (nSPS) is 16.1. The number of pyridine rings is 1. The van der Waals surface area contributed by atoms with Crippen molar-refractivity contribution < 1.29 is 9.64 Å². The second-order valence-electron chi connectivity index (χ2n) is 4.34. The number of rotatable bonds is 4. The number of ether oxygens (including phenoxy) is 1. The monoisotopic (exact) mass is 301 g/mol. The first-order chi connectivity index (χ1) is 9.25. The molecule has 1 aliphatic rings. The quantitative estimate of drug-likeness (QED) is 0.537. The van der Waals surface area contributed by atoms with E-state index in [1.54, 1.807) is 11.1 Å². The van der Waals surface area contributed by atoms with Crippen LogP contribution in [-0.4, -0.2) is 49.5 Å². The molecular weight excluding hydrogens is 284 g/mol. The topological polar surface area (TPSA) is 50.6 Å². The predicted molar refractivity (Wildman–Crippen MR) is 79.9 cm³/mol. The smallest absolute Gasteiger partial charge is 0.171 e. The van der Waals surface area contributed by atoms with Crippen LogP contribution >= 0.6 is 23.8 Å². The number of hydrogen-bond acceptors (Lipinski definition) is 3. The molecule has 1 aromatic heterocycles. The molecule has 1 aliphatic heterocycles. The highest BCUT2D eigenvalue weighted by Crippen LogP contribution is 2.16. The maximum atomic E-state index is 5.95. The standard InChI is InChI=1S/C12H17ClN4OS/c13-11-10(2-1-3-14-11)16-12(19)15-4-5-17-6-8-18-9-7-17/h1-3H,4-9H2,(H2,15,16,19)/p+1. The van der Waals surface area contributed by atoms with Crippen LogP contribution < -0.4 is 15.5 Å². The highest BCUT2D eigenvalue weighted by atomic mass is 35.5. The van der Waals surface area contributed by atoms with Crippen molar-refractivity contribution in [3.63, 3.8) is 0 Å². The van der Waals surface area contributed by atoms with E-state index in [1.807, 2.05) is 12.1 Å². The van der Waals surface area contributed by atoms with E-state index in [1.165, 1.54) is 0 Å². The van der Waals surface area contributed by atoms with Gasteiger partial charge in [-0.3, -0.25) is 0 Å². The van der Waals surface area contributed by atoms with E-state index in [4.69, 9.17) is 28.6 Å². The van der Waals surface area contributed by atoms with Crippen LogP contribution in [0.2, 0.25) is 5.15 Å². The summed E-state index contributed by atoms with van der Waals surface area (Å²) in [5, 5.41) is 7.21. The zero-order valence-electron chi connectivity index (χ0n) is 10.6. The number of hydrogen-bond donors (Lipinski definition) is 3. The lowest BCUT2D eigenvalue weighted by Gasteiger charge is -2.24. The predicted octanol–water partition coefficient (Wildman–Crippen LogP) is -0.0635. The van der Waals surface area contributed by atoms with E-state index < -0.39 is 0 Å². The molecule has 5 nitrogen and oxygen atoms in total. The van der Waals surface area contributed by atoms with Crippen LogP contribution in [-0.2, 0) is 4.74 Å². The zero-order chi connectivity index (χ0) is 13.5. The van der Waals surface area contributed by atoms with Crippen molar-refractivity contribution >= 4 is 34.6 Å². The van der Waals surface area contributed by atoms with Gasteiger partial charge in [0.2, 0.25) is 0 Å². The Kier molecular flexibility index (Phi) is 5.78. The number of nitrogens with zero attached hydrogens (tertiary/aromatic N) is 1. The summed E-state index contributed by atoms with van der Waals surface area (Å²) in [6, 6.07) is 3.66. The molecule has 0 amide bonds. The van der Waals surface area contributed by atoms with Crippen molar-refractivity contribution in [1.29, 1.82) is 0 Å². The van der Waals surface area contributed by atoms with Gasteiger partial charge in [0.15, 0.2) is 10.3 Å². The van der Waals surface area contributed by atoms with E-state index in [2.05, 4.69) is 15.6 Å². The van der Waals surface area contributed by atoms with Crippen molar-refractivity contribution in [3.8, 4) is 0 Å². The van der Waals surface area contributed by atoms with Crippen molar-refractivity contribution in [2.75, 3.05) is 44.7 Å². The van der Waals surface area contributed by atoms with Gasteiger partial charge < -0.3 is 20.3 Å². The van der Waals surface area contributed by atoms with Crippen LogP contribution in [0, 0.1) is 0 Å². The minimum atomic E-state index is 0.422. The number of quaternary nitrogens is 1. The third-order valence-corrected chi connectivity index (χ3v) is 3.52. The van der Waals surface area contributed by atoms with E-state index in [9.17, 15) is 0 Å². The Bertz CT molecular complexity index is 426. The molecule has 104 valence electrons. The maximum absolute atomic E-state index is 5.95. The van der Waals surface area contributed by atoms with Gasteiger partial charge in [-0.2, -0.15) is 0 Å². The summed E-state index contributed by atoms with van der Waals surface area (Å²) in [5.74, 6) is 0. The third kappa shape index (κ3) is 4.91. The Morgan fingerprint density at radius 3 is 3.00 bits per heavy atom. The number of nitrogens with one attached hydrogen (secondary N) is 3. The Morgan fingerprint density at radius 2 is 2.26 bits per heavy atom. The lowest BCUT2D eigenvalue weighted by Crippen LogP contribution is -3.14. The van der Waals surface area contributed by atoms with Gasteiger partial charge in [-0.05, 0) is 24.4 Å². The van der Waals surface area contributed by atoms with Crippen LogP contribution in [0.5, 0.6) is 0 Å². The molecular formula is C12H18ClN4OS+. The molecule has 19 heavy (non-hydrogen) atoms. The first-order valence-electron chi connectivity index (χ1n) is 6.32. The third-order valence-electron chi connectivity index (χ3n) is 2.97. The highest BCUT2D eigenvalue weighted by Gasteiger charge is 2.13. The Morgan fingerprint density at radius 1 is 1.47 bits per heavy atom. The van der Waals surface area contributed by atoms with Crippen molar-refractivity contribution in [3.05, 3.63) is 23.5 Å². The summed E-state index contributed by atoms with van der Waals surface area (Å²) in [6.45, 7) is 5.70. The largest absolute Gasteiger partial charge is 0.370 e. The second kappa shape index (κ2) is 7.59. The molecule has 0 unspecified atom stereocenters. The lowest BCUT2D eigenvalue weighted by atomic mass is 10.4.